The van der Waals surface area contributed by atoms with E-state index in [2.05, 4.69) is 4.98 Å². The maximum Gasteiger partial charge on any atom is 0.416 e. The molecule has 1 aromatic carbocycles. The standard InChI is InChI=1S/C14H9F3N2O/c1-20-13-12(5-9(7-18)8-19-13)10-3-2-4-11(6-10)14(15,16)17/h2-6,8H,1H3. The Hall–Kier alpha value is -2.55. The van der Waals surface area contributed by atoms with Crippen molar-refractivity contribution in [3.05, 3.63) is 47.7 Å². The maximum atomic E-state index is 12.7. The lowest BCUT2D eigenvalue weighted by Gasteiger charge is -2.11. The lowest BCUT2D eigenvalue weighted by molar-refractivity contribution is -0.137. The van der Waals surface area contributed by atoms with Gasteiger partial charge in [-0.2, -0.15) is 18.4 Å². The van der Waals surface area contributed by atoms with Crippen LogP contribution in [0.5, 0.6) is 5.88 Å². The van der Waals surface area contributed by atoms with E-state index in [1.54, 1.807) is 0 Å². The molecule has 1 heterocycles. The second-order valence-corrected chi connectivity index (χ2v) is 3.97. The zero-order valence-corrected chi connectivity index (χ0v) is 10.4. The normalized spacial score (nSPS) is 10.9. The quantitative estimate of drug-likeness (QED) is 0.842. The summed E-state index contributed by atoms with van der Waals surface area (Å²) in [5.41, 5.74) is 0.122. The molecule has 0 aliphatic heterocycles. The van der Waals surface area contributed by atoms with Crippen molar-refractivity contribution in [3.8, 4) is 23.1 Å². The molecular weight excluding hydrogens is 269 g/mol. The third kappa shape index (κ3) is 2.72. The zero-order chi connectivity index (χ0) is 14.8. The first-order valence-corrected chi connectivity index (χ1v) is 5.57. The third-order valence-corrected chi connectivity index (χ3v) is 2.67. The van der Waals surface area contributed by atoms with E-state index in [9.17, 15) is 13.2 Å². The van der Waals surface area contributed by atoms with Crippen LogP contribution in [0.15, 0.2) is 36.5 Å². The zero-order valence-electron chi connectivity index (χ0n) is 10.4. The van der Waals surface area contributed by atoms with E-state index >= 15 is 0 Å². The smallest absolute Gasteiger partial charge is 0.416 e. The lowest BCUT2D eigenvalue weighted by Crippen LogP contribution is -2.04. The first-order valence-electron chi connectivity index (χ1n) is 5.57. The minimum atomic E-state index is -4.43. The fraction of sp³-hybridized carbons (Fsp3) is 0.143. The van der Waals surface area contributed by atoms with Gasteiger partial charge in [0.2, 0.25) is 5.88 Å². The van der Waals surface area contributed by atoms with Crippen LogP contribution >= 0.6 is 0 Å². The van der Waals surface area contributed by atoms with Crippen molar-refractivity contribution in [1.82, 2.24) is 4.98 Å². The number of nitrogens with zero attached hydrogens (tertiary/aromatic N) is 2. The molecule has 0 saturated heterocycles. The van der Waals surface area contributed by atoms with Crippen LogP contribution in [0, 0.1) is 11.3 Å². The molecule has 6 heteroatoms. The number of benzene rings is 1. The molecule has 2 rings (SSSR count). The second kappa shape index (κ2) is 5.21. The van der Waals surface area contributed by atoms with E-state index in [1.165, 1.54) is 31.5 Å². The van der Waals surface area contributed by atoms with E-state index in [0.29, 0.717) is 11.1 Å². The van der Waals surface area contributed by atoms with Gasteiger partial charge >= 0.3 is 6.18 Å². The SMILES string of the molecule is COc1ncc(C#N)cc1-c1cccc(C(F)(F)F)c1. The molecule has 3 nitrogen and oxygen atoms in total. The molecule has 0 fully saturated rings. The van der Waals surface area contributed by atoms with Gasteiger partial charge in [-0.15, -0.1) is 0 Å². The maximum absolute atomic E-state index is 12.7. The van der Waals surface area contributed by atoms with Gasteiger partial charge in [0.05, 0.1) is 18.2 Å². The molecular formula is C14H9F3N2O. The lowest BCUT2D eigenvalue weighted by atomic mass is 10.0. The van der Waals surface area contributed by atoms with Gasteiger partial charge < -0.3 is 4.74 Å². The van der Waals surface area contributed by atoms with Crippen molar-refractivity contribution in [1.29, 1.82) is 5.26 Å². The van der Waals surface area contributed by atoms with E-state index in [1.807, 2.05) is 6.07 Å². The Kier molecular flexibility index (Phi) is 3.61. The van der Waals surface area contributed by atoms with Crippen LogP contribution in [0.4, 0.5) is 13.2 Å². The van der Waals surface area contributed by atoms with Crippen molar-refractivity contribution in [2.45, 2.75) is 6.18 Å². The molecule has 0 spiro atoms. The molecule has 2 aromatic rings. The first-order chi connectivity index (χ1) is 9.45. The highest BCUT2D eigenvalue weighted by atomic mass is 19.4. The molecule has 0 saturated carbocycles. The van der Waals surface area contributed by atoms with E-state index in [-0.39, 0.29) is 11.4 Å². The predicted octanol–water partition coefficient (Wildman–Crippen LogP) is 3.65. The Bertz CT molecular complexity index is 675. The van der Waals surface area contributed by atoms with Gasteiger partial charge in [-0.3, -0.25) is 0 Å². The number of halogens is 3. The Morgan fingerprint density at radius 1 is 1.25 bits per heavy atom. The summed E-state index contributed by atoms with van der Waals surface area (Å²) in [6, 6.07) is 8.14. The molecule has 1 aromatic heterocycles. The third-order valence-electron chi connectivity index (χ3n) is 2.67. The number of hydrogen-bond acceptors (Lipinski definition) is 3. The van der Waals surface area contributed by atoms with Gasteiger partial charge in [0.15, 0.2) is 0 Å². The Balaban J connectivity index is 2.59. The van der Waals surface area contributed by atoms with Crippen molar-refractivity contribution >= 4 is 0 Å². The molecule has 0 radical (unpaired) electrons. The van der Waals surface area contributed by atoms with Crippen molar-refractivity contribution < 1.29 is 17.9 Å². The summed E-state index contributed by atoms with van der Waals surface area (Å²) in [6.07, 6.45) is -3.13. The van der Waals surface area contributed by atoms with Crippen LogP contribution < -0.4 is 4.74 Å². The topological polar surface area (TPSA) is 45.9 Å². The average molecular weight is 278 g/mol. The van der Waals surface area contributed by atoms with Crippen LogP contribution in [0.25, 0.3) is 11.1 Å². The van der Waals surface area contributed by atoms with Gasteiger partial charge in [0.1, 0.15) is 6.07 Å². The number of nitriles is 1. The van der Waals surface area contributed by atoms with Crippen LogP contribution in [0.3, 0.4) is 0 Å². The fourth-order valence-electron chi connectivity index (χ4n) is 1.75. The Morgan fingerprint density at radius 3 is 2.60 bits per heavy atom. The van der Waals surface area contributed by atoms with E-state index in [4.69, 9.17) is 10.00 Å². The van der Waals surface area contributed by atoms with Crippen LogP contribution in [0.1, 0.15) is 11.1 Å². The first kappa shape index (κ1) is 13.9. The Labute approximate surface area is 113 Å². The molecule has 0 aliphatic carbocycles. The van der Waals surface area contributed by atoms with Gasteiger partial charge in [-0.25, -0.2) is 4.98 Å². The number of methoxy groups -OCH3 is 1. The number of alkyl halides is 3. The van der Waals surface area contributed by atoms with E-state index in [0.717, 1.165) is 12.1 Å². The second-order valence-electron chi connectivity index (χ2n) is 3.97. The monoisotopic (exact) mass is 278 g/mol. The highest BCUT2D eigenvalue weighted by Gasteiger charge is 2.30. The molecule has 20 heavy (non-hydrogen) atoms. The van der Waals surface area contributed by atoms with Crippen LogP contribution in [0.2, 0.25) is 0 Å². The van der Waals surface area contributed by atoms with Crippen LogP contribution in [-0.2, 0) is 6.18 Å². The molecule has 102 valence electrons. The highest BCUT2D eigenvalue weighted by Crippen LogP contribution is 2.34. The summed E-state index contributed by atoms with van der Waals surface area (Å²) in [4.78, 5) is 3.91. The minimum absolute atomic E-state index is 0.170. The van der Waals surface area contributed by atoms with Crippen molar-refractivity contribution in [3.63, 3.8) is 0 Å². The summed E-state index contributed by atoms with van der Waals surface area (Å²) in [7, 11) is 1.37. The summed E-state index contributed by atoms with van der Waals surface area (Å²) in [5.74, 6) is 0.170. The summed E-state index contributed by atoms with van der Waals surface area (Å²) in [6.45, 7) is 0. The highest BCUT2D eigenvalue weighted by molar-refractivity contribution is 5.70. The van der Waals surface area contributed by atoms with Crippen molar-refractivity contribution in [2.24, 2.45) is 0 Å². The molecule has 0 unspecified atom stereocenters. The molecule has 0 amide bonds. The van der Waals surface area contributed by atoms with Crippen molar-refractivity contribution in [2.75, 3.05) is 7.11 Å². The number of hydrogen-bond donors (Lipinski definition) is 0. The molecule has 0 N–H and O–H groups in total. The number of pyridine rings is 1. The number of rotatable bonds is 2. The largest absolute Gasteiger partial charge is 0.481 e. The fourth-order valence-corrected chi connectivity index (χ4v) is 1.75. The van der Waals surface area contributed by atoms with Crippen LogP contribution in [-0.4, -0.2) is 12.1 Å². The summed E-state index contributed by atoms with van der Waals surface area (Å²) >= 11 is 0. The molecule has 0 bridgehead atoms. The number of aromatic nitrogens is 1. The summed E-state index contributed by atoms with van der Waals surface area (Å²) in [5, 5.41) is 8.85. The Morgan fingerprint density at radius 2 is 2.00 bits per heavy atom. The average Bonchev–Trinajstić information content (AvgIpc) is 2.45. The van der Waals surface area contributed by atoms with Gasteiger partial charge in [-0.1, -0.05) is 12.1 Å². The van der Waals surface area contributed by atoms with Gasteiger partial charge in [-0.05, 0) is 23.8 Å². The van der Waals surface area contributed by atoms with E-state index < -0.39 is 11.7 Å². The predicted molar refractivity (Wildman–Crippen MR) is 65.9 cm³/mol. The number of ether oxygens (including phenoxy) is 1. The minimum Gasteiger partial charge on any atom is -0.481 e. The molecule has 0 atom stereocenters. The molecule has 0 aliphatic rings. The van der Waals surface area contributed by atoms with Gasteiger partial charge in [0, 0.05) is 11.8 Å². The summed E-state index contributed by atoms with van der Waals surface area (Å²) < 4.78 is 43.2. The van der Waals surface area contributed by atoms with Gasteiger partial charge in [0.25, 0.3) is 0 Å².